The Balaban J connectivity index is 1.99. The molecule has 0 fully saturated rings. The van der Waals surface area contributed by atoms with Gasteiger partial charge in [-0.25, -0.2) is 0 Å². The minimum atomic E-state index is -0.593. The Morgan fingerprint density at radius 1 is 1.14 bits per heavy atom. The van der Waals surface area contributed by atoms with E-state index in [1.807, 2.05) is 30.3 Å². The van der Waals surface area contributed by atoms with Crippen molar-refractivity contribution in [3.05, 3.63) is 60.1 Å². The summed E-state index contributed by atoms with van der Waals surface area (Å²) in [6.07, 6.45) is 2.36. The Kier molecular flexibility index (Phi) is 5.77. The summed E-state index contributed by atoms with van der Waals surface area (Å²) in [5, 5.41) is 5.55. The van der Waals surface area contributed by atoms with E-state index < -0.39 is 6.04 Å². The SMILES string of the molecule is CCC(=O)N[C@@H](Cc1ccccc1)C(=O)NCc1ccco1. The van der Waals surface area contributed by atoms with Crippen molar-refractivity contribution in [2.45, 2.75) is 32.4 Å². The first-order chi connectivity index (χ1) is 10.7. The van der Waals surface area contributed by atoms with Crippen LogP contribution in [0.25, 0.3) is 0 Å². The first-order valence-corrected chi connectivity index (χ1v) is 7.32. The normalized spacial score (nSPS) is 11.7. The number of amides is 2. The summed E-state index contributed by atoms with van der Waals surface area (Å²) >= 11 is 0. The highest BCUT2D eigenvalue weighted by Crippen LogP contribution is 2.05. The zero-order valence-corrected chi connectivity index (χ0v) is 12.5. The molecule has 116 valence electrons. The van der Waals surface area contributed by atoms with Crippen molar-refractivity contribution >= 4 is 11.8 Å². The van der Waals surface area contributed by atoms with Crippen LogP contribution in [0.2, 0.25) is 0 Å². The molecule has 2 aromatic rings. The molecule has 2 rings (SSSR count). The van der Waals surface area contributed by atoms with Crippen LogP contribution in [-0.4, -0.2) is 17.9 Å². The van der Waals surface area contributed by atoms with Crippen LogP contribution in [0.15, 0.2) is 53.1 Å². The second-order valence-electron chi connectivity index (χ2n) is 4.96. The first kappa shape index (κ1) is 15.8. The minimum absolute atomic E-state index is 0.144. The predicted molar refractivity (Wildman–Crippen MR) is 82.9 cm³/mol. The maximum absolute atomic E-state index is 12.3. The molecule has 1 atom stereocenters. The fourth-order valence-electron chi connectivity index (χ4n) is 2.07. The number of nitrogens with one attached hydrogen (secondary N) is 2. The van der Waals surface area contributed by atoms with Gasteiger partial charge >= 0.3 is 0 Å². The number of benzene rings is 1. The minimum Gasteiger partial charge on any atom is -0.467 e. The van der Waals surface area contributed by atoms with Crippen molar-refractivity contribution in [2.75, 3.05) is 0 Å². The van der Waals surface area contributed by atoms with Gasteiger partial charge in [0.15, 0.2) is 0 Å². The third-order valence-electron chi connectivity index (χ3n) is 3.27. The number of hydrogen-bond donors (Lipinski definition) is 2. The molecule has 0 spiro atoms. The van der Waals surface area contributed by atoms with Crippen LogP contribution in [0.3, 0.4) is 0 Å². The highest BCUT2D eigenvalue weighted by molar-refractivity contribution is 5.87. The van der Waals surface area contributed by atoms with Crippen LogP contribution in [0, 0.1) is 0 Å². The van der Waals surface area contributed by atoms with Gasteiger partial charge in [0.2, 0.25) is 11.8 Å². The Bertz CT molecular complexity index is 594. The molecule has 0 aliphatic rings. The molecule has 2 amide bonds. The zero-order valence-electron chi connectivity index (χ0n) is 12.5. The van der Waals surface area contributed by atoms with E-state index in [1.54, 1.807) is 25.3 Å². The molecule has 0 aliphatic carbocycles. The third-order valence-corrected chi connectivity index (χ3v) is 3.27. The van der Waals surface area contributed by atoms with Gasteiger partial charge in [-0.3, -0.25) is 9.59 Å². The topological polar surface area (TPSA) is 71.3 Å². The highest BCUT2D eigenvalue weighted by Gasteiger charge is 2.20. The molecule has 0 saturated heterocycles. The summed E-state index contributed by atoms with van der Waals surface area (Å²) in [5.41, 5.74) is 0.997. The summed E-state index contributed by atoms with van der Waals surface area (Å²) in [7, 11) is 0. The van der Waals surface area contributed by atoms with E-state index in [2.05, 4.69) is 10.6 Å². The van der Waals surface area contributed by atoms with E-state index in [0.29, 0.717) is 25.1 Å². The molecule has 1 aromatic heterocycles. The molecular weight excluding hydrogens is 280 g/mol. The molecule has 5 heteroatoms. The first-order valence-electron chi connectivity index (χ1n) is 7.32. The van der Waals surface area contributed by atoms with Crippen LogP contribution in [0.5, 0.6) is 0 Å². The standard InChI is InChI=1S/C17H20N2O3/c1-2-16(20)19-15(11-13-7-4-3-5-8-13)17(21)18-12-14-9-6-10-22-14/h3-10,15H,2,11-12H2,1H3,(H,18,21)(H,19,20)/t15-/m0/s1. The lowest BCUT2D eigenvalue weighted by Crippen LogP contribution is -2.47. The Morgan fingerprint density at radius 2 is 1.91 bits per heavy atom. The fourth-order valence-corrected chi connectivity index (χ4v) is 2.07. The van der Waals surface area contributed by atoms with E-state index in [4.69, 9.17) is 4.42 Å². The van der Waals surface area contributed by atoms with Crippen molar-refractivity contribution in [1.29, 1.82) is 0 Å². The molecule has 0 unspecified atom stereocenters. The van der Waals surface area contributed by atoms with Crippen molar-refractivity contribution in [2.24, 2.45) is 0 Å². The molecule has 0 saturated carbocycles. The highest BCUT2D eigenvalue weighted by atomic mass is 16.3. The van der Waals surface area contributed by atoms with Crippen molar-refractivity contribution in [3.63, 3.8) is 0 Å². The smallest absolute Gasteiger partial charge is 0.243 e. The van der Waals surface area contributed by atoms with Gasteiger partial charge in [-0.15, -0.1) is 0 Å². The van der Waals surface area contributed by atoms with Crippen LogP contribution >= 0.6 is 0 Å². The van der Waals surface area contributed by atoms with Crippen LogP contribution in [0.1, 0.15) is 24.7 Å². The van der Waals surface area contributed by atoms with Gasteiger partial charge in [0, 0.05) is 12.8 Å². The lowest BCUT2D eigenvalue weighted by Gasteiger charge is -2.18. The summed E-state index contributed by atoms with van der Waals surface area (Å²) in [6, 6.07) is 12.6. The Labute approximate surface area is 129 Å². The van der Waals surface area contributed by atoms with E-state index >= 15 is 0 Å². The van der Waals surface area contributed by atoms with E-state index in [0.717, 1.165) is 5.56 Å². The summed E-state index contributed by atoms with van der Waals surface area (Å²) in [4.78, 5) is 24.0. The number of hydrogen-bond acceptors (Lipinski definition) is 3. The maximum atomic E-state index is 12.3. The molecule has 1 aromatic carbocycles. The number of carbonyl (C=O) groups excluding carboxylic acids is 2. The fraction of sp³-hybridized carbons (Fsp3) is 0.294. The van der Waals surface area contributed by atoms with Gasteiger partial charge in [0.05, 0.1) is 12.8 Å². The Hall–Kier alpha value is -2.56. The van der Waals surface area contributed by atoms with Crippen molar-refractivity contribution < 1.29 is 14.0 Å². The van der Waals surface area contributed by atoms with E-state index in [-0.39, 0.29) is 11.8 Å². The van der Waals surface area contributed by atoms with Crippen molar-refractivity contribution in [3.8, 4) is 0 Å². The van der Waals surface area contributed by atoms with Gasteiger partial charge in [-0.1, -0.05) is 37.3 Å². The molecule has 0 bridgehead atoms. The third kappa shape index (κ3) is 4.77. The molecule has 0 radical (unpaired) electrons. The number of rotatable bonds is 7. The van der Waals surface area contributed by atoms with Gasteiger partial charge in [-0.05, 0) is 17.7 Å². The second kappa shape index (κ2) is 8.02. The predicted octanol–water partition coefficient (Wildman–Crippen LogP) is 2.03. The molecule has 1 heterocycles. The second-order valence-corrected chi connectivity index (χ2v) is 4.96. The average Bonchev–Trinajstić information content (AvgIpc) is 3.06. The summed E-state index contributed by atoms with van der Waals surface area (Å²) in [6.45, 7) is 2.06. The maximum Gasteiger partial charge on any atom is 0.243 e. The Morgan fingerprint density at radius 3 is 2.55 bits per heavy atom. The summed E-state index contributed by atoms with van der Waals surface area (Å²) in [5.74, 6) is 0.310. The van der Waals surface area contributed by atoms with Crippen LogP contribution in [-0.2, 0) is 22.6 Å². The van der Waals surface area contributed by atoms with Crippen molar-refractivity contribution in [1.82, 2.24) is 10.6 Å². The van der Waals surface area contributed by atoms with Gasteiger partial charge in [0.1, 0.15) is 11.8 Å². The lowest BCUT2D eigenvalue weighted by atomic mass is 10.1. The molecule has 5 nitrogen and oxygen atoms in total. The summed E-state index contributed by atoms with van der Waals surface area (Å²) < 4.78 is 5.18. The van der Waals surface area contributed by atoms with Gasteiger partial charge in [-0.2, -0.15) is 0 Å². The van der Waals surface area contributed by atoms with Gasteiger partial charge < -0.3 is 15.1 Å². The molecule has 2 N–H and O–H groups in total. The zero-order chi connectivity index (χ0) is 15.8. The lowest BCUT2D eigenvalue weighted by molar-refractivity contribution is -0.129. The largest absolute Gasteiger partial charge is 0.467 e. The molecular formula is C17H20N2O3. The van der Waals surface area contributed by atoms with Crippen LogP contribution < -0.4 is 10.6 Å². The van der Waals surface area contributed by atoms with E-state index in [9.17, 15) is 9.59 Å². The van der Waals surface area contributed by atoms with Gasteiger partial charge in [0.25, 0.3) is 0 Å². The quantitative estimate of drug-likeness (QED) is 0.822. The number of furan rings is 1. The monoisotopic (exact) mass is 300 g/mol. The average molecular weight is 300 g/mol. The van der Waals surface area contributed by atoms with Crippen LogP contribution in [0.4, 0.5) is 0 Å². The molecule has 0 aliphatic heterocycles. The number of carbonyl (C=O) groups is 2. The van der Waals surface area contributed by atoms with E-state index in [1.165, 1.54) is 0 Å². The molecule has 22 heavy (non-hydrogen) atoms.